The summed E-state index contributed by atoms with van der Waals surface area (Å²) in [6.45, 7) is 2.48. The summed E-state index contributed by atoms with van der Waals surface area (Å²) in [5.41, 5.74) is 0.408. The summed E-state index contributed by atoms with van der Waals surface area (Å²) < 4.78 is 10.5. The average molecular weight is 476 g/mol. The molecule has 10 nitrogen and oxygen atoms in total. The zero-order valence-corrected chi connectivity index (χ0v) is 20.5. The van der Waals surface area contributed by atoms with Crippen molar-refractivity contribution in [3.8, 4) is 11.5 Å². The van der Waals surface area contributed by atoms with Crippen molar-refractivity contribution >= 4 is 37.7 Å². The van der Waals surface area contributed by atoms with Gasteiger partial charge in [-0.05, 0) is 18.6 Å². The van der Waals surface area contributed by atoms with Crippen molar-refractivity contribution in [2.45, 2.75) is 20.0 Å². The summed E-state index contributed by atoms with van der Waals surface area (Å²) in [7, 11) is 0. The van der Waals surface area contributed by atoms with E-state index >= 15 is 0 Å². The van der Waals surface area contributed by atoms with Gasteiger partial charge < -0.3 is 16.0 Å². The van der Waals surface area contributed by atoms with E-state index in [4.69, 9.17) is 26.2 Å². The van der Waals surface area contributed by atoms with E-state index in [-0.39, 0.29) is 75.4 Å². The zero-order valence-electron chi connectivity index (χ0n) is 18.7. The fourth-order valence-corrected chi connectivity index (χ4v) is 2.25. The smallest absolute Gasteiger partial charge is 1.00 e. The third-order valence-electron chi connectivity index (χ3n) is 3.55. The van der Waals surface area contributed by atoms with Gasteiger partial charge in [-0.15, -0.1) is 11.6 Å². The van der Waals surface area contributed by atoms with Crippen LogP contribution in [-0.4, -0.2) is 48.7 Å². The number of halogens is 1. The Morgan fingerprint density at radius 1 is 1.03 bits per heavy atom. The first-order valence-electron chi connectivity index (χ1n) is 8.81. The molecule has 0 saturated carbocycles. The van der Waals surface area contributed by atoms with Crippen molar-refractivity contribution < 1.29 is 60.2 Å². The molecule has 167 valence electrons. The Morgan fingerprint density at radius 3 is 2.03 bits per heavy atom. The molecule has 0 aliphatic carbocycles. The third kappa shape index (κ3) is 10.4. The van der Waals surface area contributed by atoms with Crippen molar-refractivity contribution in [3.63, 3.8) is 0 Å². The minimum absolute atomic E-state index is 0. The van der Waals surface area contributed by atoms with E-state index in [2.05, 4.69) is 0 Å². The van der Waals surface area contributed by atoms with Crippen LogP contribution in [0.1, 0.15) is 30.7 Å². The molecule has 0 fully saturated rings. The van der Waals surface area contributed by atoms with Crippen molar-refractivity contribution in [3.05, 3.63) is 67.8 Å². The van der Waals surface area contributed by atoms with E-state index in [1.807, 2.05) is 6.92 Å². The summed E-state index contributed by atoms with van der Waals surface area (Å²) in [5, 5.41) is 29.9. The van der Waals surface area contributed by atoms with Crippen LogP contribution in [0.25, 0.3) is 0 Å². The number of rotatable bonds is 10. The monoisotopic (exact) mass is 475 g/mol. The van der Waals surface area contributed by atoms with Crippen LogP contribution < -0.4 is 39.0 Å². The summed E-state index contributed by atoms with van der Waals surface area (Å²) in [6.07, 6.45) is 1.36. The van der Waals surface area contributed by atoms with Gasteiger partial charge in [0.05, 0.1) is 34.5 Å². The van der Waals surface area contributed by atoms with Crippen molar-refractivity contribution in [2.24, 2.45) is 0 Å². The van der Waals surface area contributed by atoms with Crippen LogP contribution in [0.15, 0.2) is 36.4 Å². The zero-order chi connectivity index (χ0) is 22.5. The van der Waals surface area contributed by atoms with Gasteiger partial charge in [-0.3, -0.25) is 25.0 Å². The number of benzene rings is 2. The molecule has 0 saturated heterocycles. The van der Waals surface area contributed by atoms with Gasteiger partial charge >= 0.3 is 29.6 Å². The van der Waals surface area contributed by atoms with Gasteiger partial charge in [0.25, 0.3) is 11.4 Å². The number of aldehydes is 1. The van der Waals surface area contributed by atoms with E-state index in [1.54, 1.807) is 0 Å². The normalized spacial score (nSPS) is 9.22. The summed E-state index contributed by atoms with van der Waals surface area (Å²) in [6, 6.07) is 8.02. The molecule has 0 unspecified atom stereocenters. The van der Waals surface area contributed by atoms with Crippen LogP contribution in [0, 0.1) is 20.2 Å². The Kier molecular flexibility index (Phi) is 17.4. The number of non-ortho nitro benzene ring substituents is 2. The van der Waals surface area contributed by atoms with Crippen LogP contribution in [-0.2, 0) is 6.61 Å². The van der Waals surface area contributed by atoms with Gasteiger partial charge in [-0.25, -0.2) is 0 Å². The summed E-state index contributed by atoms with van der Waals surface area (Å²) in [4.78, 5) is 30.5. The fourth-order valence-electron chi connectivity index (χ4n) is 2.18. The number of aliphatic hydroxyl groups excluding tert-OH is 1. The van der Waals surface area contributed by atoms with Crippen LogP contribution in [0.3, 0.4) is 0 Å². The number of nitrogens with zero attached hydrogens (tertiary/aromatic N) is 2. The molecular formula is C19H22BClN2NaO8. The van der Waals surface area contributed by atoms with Crippen LogP contribution in [0.4, 0.5) is 11.4 Å². The number of nitro groups is 2. The maximum atomic E-state index is 10.6. The van der Waals surface area contributed by atoms with E-state index in [9.17, 15) is 25.0 Å². The predicted molar refractivity (Wildman–Crippen MR) is 116 cm³/mol. The van der Waals surface area contributed by atoms with Crippen LogP contribution in [0.5, 0.6) is 11.5 Å². The van der Waals surface area contributed by atoms with Gasteiger partial charge in [0.2, 0.25) is 0 Å². The SMILES string of the molecule is CCCOc1ccc([N+](=O)[O-])cc1CO.O=Cc1cc([N+](=O)[O-])ccc1OCCCl.[B].[H-].[Na+]. The third-order valence-corrected chi connectivity index (χ3v) is 3.71. The van der Waals surface area contributed by atoms with Crippen LogP contribution in [0.2, 0.25) is 0 Å². The second-order valence-electron chi connectivity index (χ2n) is 5.69. The van der Waals surface area contributed by atoms with Crippen molar-refractivity contribution in [1.82, 2.24) is 0 Å². The Hall–Kier alpha value is -2.18. The number of alkyl halides is 1. The quantitative estimate of drug-likeness (QED) is 0.173. The first-order valence-corrected chi connectivity index (χ1v) is 9.34. The Balaban J connectivity index is -0.000000500. The molecule has 0 aromatic heterocycles. The van der Waals surface area contributed by atoms with E-state index in [0.29, 0.717) is 30.0 Å². The minimum atomic E-state index is -0.571. The molecule has 0 aliphatic rings. The number of aliphatic hydroxyl groups is 1. The fraction of sp³-hybridized carbons (Fsp3) is 0.316. The molecule has 0 spiro atoms. The topological polar surface area (TPSA) is 142 Å². The predicted octanol–water partition coefficient (Wildman–Crippen LogP) is 0.636. The first-order chi connectivity index (χ1) is 14.4. The molecule has 0 aliphatic heterocycles. The number of nitro benzene ring substituents is 2. The molecule has 2 rings (SSSR count). The summed E-state index contributed by atoms with van der Waals surface area (Å²) >= 11 is 5.41. The standard InChI is InChI=1S/C10H13NO4.C9H8ClNO4.B.Na.H/c1-2-5-15-10-4-3-9(11(13)14)6-8(10)7-12;10-3-4-15-9-2-1-8(11(13)14)5-7(9)6-12;;;/h3-4,6,12H,2,5,7H2,1H3;1-2,5-6H,3-4H2;;;/q;;;+1;-1. The maximum Gasteiger partial charge on any atom is 1.00 e. The molecule has 0 heterocycles. The summed E-state index contributed by atoms with van der Waals surface area (Å²) in [5.74, 6) is 1.09. The minimum Gasteiger partial charge on any atom is -1.00 e. The van der Waals surface area contributed by atoms with Crippen LogP contribution >= 0.6 is 11.6 Å². The molecule has 13 heteroatoms. The molecular weight excluding hydrogens is 453 g/mol. The van der Waals surface area contributed by atoms with Gasteiger partial charge in [0.1, 0.15) is 18.1 Å². The van der Waals surface area contributed by atoms with Gasteiger partial charge in [0, 0.05) is 38.2 Å². The average Bonchev–Trinajstić information content (AvgIpc) is 2.76. The molecule has 0 atom stereocenters. The van der Waals surface area contributed by atoms with Crippen molar-refractivity contribution in [1.29, 1.82) is 0 Å². The molecule has 2 aromatic carbocycles. The molecule has 1 N–H and O–H groups in total. The second-order valence-corrected chi connectivity index (χ2v) is 6.07. The molecule has 32 heavy (non-hydrogen) atoms. The molecule has 0 amide bonds. The molecule has 3 radical (unpaired) electrons. The Bertz CT molecular complexity index is 895. The largest absolute Gasteiger partial charge is 1.00 e. The van der Waals surface area contributed by atoms with E-state index in [1.165, 1.54) is 30.3 Å². The Morgan fingerprint density at radius 2 is 1.56 bits per heavy atom. The molecule has 2 aromatic rings. The number of ether oxygens (including phenoxy) is 2. The van der Waals surface area contributed by atoms with Gasteiger partial charge in [-0.1, -0.05) is 6.92 Å². The second kappa shape index (κ2) is 17.4. The number of hydrogen-bond donors (Lipinski definition) is 1. The van der Waals surface area contributed by atoms with Crippen molar-refractivity contribution in [2.75, 3.05) is 19.1 Å². The maximum absolute atomic E-state index is 10.6. The van der Waals surface area contributed by atoms with Gasteiger partial charge in [0.15, 0.2) is 6.29 Å². The Labute approximate surface area is 215 Å². The number of carbonyl (C=O) groups excluding carboxylic acids is 1. The first kappa shape index (κ1) is 32.0. The van der Waals surface area contributed by atoms with Gasteiger partial charge in [-0.2, -0.15) is 0 Å². The number of hydrogen-bond acceptors (Lipinski definition) is 8. The number of carbonyl (C=O) groups is 1. The van der Waals surface area contributed by atoms with E-state index in [0.717, 1.165) is 12.5 Å². The molecule has 0 bridgehead atoms. The van der Waals surface area contributed by atoms with E-state index < -0.39 is 9.85 Å².